The van der Waals surface area contributed by atoms with E-state index in [-0.39, 0.29) is 29.0 Å². The maximum atomic E-state index is 13.6. The zero-order valence-corrected chi connectivity index (χ0v) is 18.7. The summed E-state index contributed by atoms with van der Waals surface area (Å²) >= 11 is 1.12. The average molecular weight is 488 g/mol. The molecule has 3 aromatic rings. The van der Waals surface area contributed by atoms with Crippen LogP contribution in [0, 0.1) is 11.8 Å². The lowest BCUT2D eigenvalue weighted by molar-refractivity contribution is -0.139. The van der Waals surface area contributed by atoms with Crippen LogP contribution in [0.15, 0.2) is 47.6 Å². The molecule has 2 N–H and O–H groups in total. The monoisotopic (exact) mass is 488 g/mol. The van der Waals surface area contributed by atoms with Crippen molar-refractivity contribution in [1.82, 2.24) is 10.2 Å². The van der Waals surface area contributed by atoms with E-state index < -0.39 is 18.3 Å². The van der Waals surface area contributed by atoms with Crippen LogP contribution >= 0.6 is 11.8 Å². The fourth-order valence-electron chi connectivity index (χ4n) is 3.69. The van der Waals surface area contributed by atoms with Crippen LogP contribution in [0.3, 0.4) is 0 Å². The van der Waals surface area contributed by atoms with Gasteiger partial charge in [0, 0.05) is 29.0 Å². The maximum Gasteiger partial charge on any atom is 0.420 e. The average Bonchev–Trinajstić information content (AvgIpc) is 3.28. The number of halogens is 3. The van der Waals surface area contributed by atoms with Gasteiger partial charge in [0.1, 0.15) is 29.7 Å². The molecule has 2 heterocycles. The summed E-state index contributed by atoms with van der Waals surface area (Å²) in [5.41, 5.74) is 1.45. The number of alkyl halides is 3. The Kier molecular flexibility index (Phi) is 6.86. The molecule has 1 aromatic heterocycles. The van der Waals surface area contributed by atoms with Crippen molar-refractivity contribution in [2.75, 3.05) is 13.7 Å². The van der Waals surface area contributed by atoms with Crippen molar-refractivity contribution in [3.63, 3.8) is 0 Å². The Bertz CT molecular complexity index is 1280. The third kappa shape index (κ3) is 5.05. The van der Waals surface area contributed by atoms with Crippen LogP contribution in [0.5, 0.6) is 11.5 Å². The van der Waals surface area contributed by atoms with Gasteiger partial charge in [-0.3, -0.25) is 9.89 Å². The highest BCUT2D eigenvalue weighted by Gasteiger charge is 2.35. The van der Waals surface area contributed by atoms with E-state index in [1.165, 1.54) is 19.2 Å². The molecule has 4 rings (SSSR count). The normalized spacial score (nSPS) is 15.3. The fourth-order valence-corrected chi connectivity index (χ4v) is 4.58. The quantitative estimate of drug-likeness (QED) is 0.514. The first-order valence-corrected chi connectivity index (χ1v) is 11.0. The molecule has 0 fully saturated rings. The van der Waals surface area contributed by atoms with E-state index in [4.69, 9.17) is 14.6 Å². The van der Waals surface area contributed by atoms with Gasteiger partial charge in [-0.2, -0.15) is 18.3 Å². The summed E-state index contributed by atoms with van der Waals surface area (Å²) < 4.78 is 51.7. The number of aromatic amines is 1. The second kappa shape index (κ2) is 9.83. The van der Waals surface area contributed by atoms with Gasteiger partial charge in [-0.05, 0) is 41.6 Å². The van der Waals surface area contributed by atoms with Crippen LogP contribution in [-0.2, 0) is 17.6 Å². The SMILES string of the molecule is COc1cc([C@@H]2CC(=O)Sc3[nH]ncc32)ccc1COc1ccc(C#CCO)cc1C(F)(F)F. The van der Waals surface area contributed by atoms with Crippen molar-refractivity contribution in [3.8, 4) is 23.3 Å². The number of ether oxygens (including phenoxy) is 2. The maximum absolute atomic E-state index is 13.6. The molecule has 10 heteroatoms. The first-order valence-electron chi connectivity index (χ1n) is 10.1. The molecule has 0 radical (unpaired) electrons. The number of rotatable bonds is 5. The molecule has 34 heavy (non-hydrogen) atoms. The van der Waals surface area contributed by atoms with Crippen LogP contribution in [0.25, 0.3) is 0 Å². The lowest BCUT2D eigenvalue weighted by Crippen LogP contribution is -2.12. The molecule has 0 saturated heterocycles. The van der Waals surface area contributed by atoms with Gasteiger partial charge < -0.3 is 14.6 Å². The molecule has 1 aliphatic heterocycles. The van der Waals surface area contributed by atoms with Gasteiger partial charge in [-0.25, -0.2) is 0 Å². The summed E-state index contributed by atoms with van der Waals surface area (Å²) in [6, 6.07) is 8.78. The highest BCUT2D eigenvalue weighted by Crippen LogP contribution is 2.42. The van der Waals surface area contributed by atoms with Crippen LogP contribution in [-0.4, -0.2) is 34.1 Å². The summed E-state index contributed by atoms with van der Waals surface area (Å²) in [7, 11) is 1.46. The van der Waals surface area contributed by atoms with E-state index >= 15 is 0 Å². The van der Waals surface area contributed by atoms with Crippen LogP contribution in [0.1, 0.15) is 40.2 Å². The molecule has 0 aliphatic carbocycles. The molecule has 2 aromatic carbocycles. The molecule has 0 unspecified atom stereocenters. The number of carbonyl (C=O) groups excluding carboxylic acids is 1. The molecule has 0 amide bonds. The molecule has 6 nitrogen and oxygen atoms in total. The fraction of sp³-hybridized carbons (Fsp3) is 0.250. The van der Waals surface area contributed by atoms with Crippen molar-refractivity contribution < 1.29 is 32.5 Å². The van der Waals surface area contributed by atoms with Gasteiger partial charge in [-0.1, -0.05) is 24.0 Å². The standard InChI is InChI=1S/C24H19F3N2O4S/c1-32-21-10-15(17-11-22(31)34-23-18(17)12-28-29-23)5-6-16(21)13-33-20-7-4-14(3-2-8-30)9-19(20)24(25,26)27/h4-7,9-10,12,17,30H,8,11,13H2,1H3,(H,28,29)/t17-/m0/s1. The van der Waals surface area contributed by atoms with Gasteiger partial charge in [0.25, 0.3) is 0 Å². The first kappa shape index (κ1) is 23.7. The van der Waals surface area contributed by atoms with E-state index in [0.29, 0.717) is 22.8 Å². The Hall–Kier alpha value is -3.42. The number of methoxy groups -OCH3 is 1. The minimum atomic E-state index is -4.64. The van der Waals surface area contributed by atoms with Gasteiger partial charge in [0.15, 0.2) is 5.12 Å². The van der Waals surface area contributed by atoms with E-state index in [1.54, 1.807) is 18.3 Å². The molecular formula is C24H19F3N2O4S. The molecule has 0 spiro atoms. The zero-order valence-electron chi connectivity index (χ0n) is 17.9. The number of aliphatic hydroxyl groups is 1. The summed E-state index contributed by atoms with van der Waals surface area (Å²) in [5, 5.41) is 16.3. The van der Waals surface area contributed by atoms with Crippen molar-refractivity contribution >= 4 is 16.9 Å². The highest BCUT2D eigenvalue weighted by atomic mass is 32.2. The molecule has 1 atom stereocenters. The second-order valence-electron chi connectivity index (χ2n) is 7.41. The molecular weight excluding hydrogens is 469 g/mol. The third-order valence-electron chi connectivity index (χ3n) is 5.29. The predicted molar refractivity (Wildman–Crippen MR) is 119 cm³/mol. The van der Waals surface area contributed by atoms with Gasteiger partial charge in [0.05, 0.1) is 18.9 Å². The Morgan fingerprint density at radius 3 is 2.79 bits per heavy atom. The van der Waals surface area contributed by atoms with Gasteiger partial charge >= 0.3 is 6.18 Å². The Morgan fingerprint density at radius 1 is 1.24 bits per heavy atom. The van der Waals surface area contributed by atoms with Crippen LogP contribution in [0.2, 0.25) is 0 Å². The summed E-state index contributed by atoms with van der Waals surface area (Å²) in [6.07, 6.45) is -2.65. The summed E-state index contributed by atoms with van der Waals surface area (Å²) in [6.45, 7) is -0.615. The number of aromatic nitrogens is 2. The van der Waals surface area contributed by atoms with Crippen molar-refractivity contribution in [1.29, 1.82) is 0 Å². The molecule has 1 aliphatic rings. The molecule has 0 bridgehead atoms. The lowest BCUT2D eigenvalue weighted by atomic mass is 9.90. The number of H-pyrrole nitrogens is 1. The Labute approximate surface area is 197 Å². The Balaban J connectivity index is 1.59. The van der Waals surface area contributed by atoms with E-state index in [1.807, 2.05) is 6.07 Å². The second-order valence-corrected chi connectivity index (χ2v) is 8.48. The number of hydrogen-bond acceptors (Lipinski definition) is 6. The number of fused-ring (bicyclic) bond motifs is 1. The number of nitrogens with zero attached hydrogens (tertiary/aromatic N) is 1. The van der Waals surface area contributed by atoms with Crippen molar-refractivity contribution in [2.24, 2.45) is 0 Å². The Morgan fingerprint density at radius 2 is 2.06 bits per heavy atom. The van der Waals surface area contributed by atoms with Gasteiger partial charge in [-0.15, -0.1) is 0 Å². The topological polar surface area (TPSA) is 84.4 Å². The van der Waals surface area contributed by atoms with Crippen LogP contribution < -0.4 is 9.47 Å². The molecule has 176 valence electrons. The number of nitrogens with one attached hydrogen (secondary N) is 1. The zero-order chi connectivity index (χ0) is 24.3. The summed E-state index contributed by atoms with van der Waals surface area (Å²) in [4.78, 5) is 12.1. The number of carbonyl (C=O) groups is 1. The minimum Gasteiger partial charge on any atom is -0.496 e. The third-order valence-corrected chi connectivity index (χ3v) is 6.21. The number of hydrogen-bond donors (Lipinski definition) is 2. The van der Waals surface area contributed by atoms with Crippen molar-refractivity contribution in [3.05, 3.63) is 70.4 Å². The first-order chi connectivity index (χ1) is 16.3. The number of aliphatic hydroxyl groups excluding tert-OH is 1. The largest absolute Gasteiger partial charge is 0.496 e. The lowest BCUT2D eigenvalue weighted by Gasteiger charge is -2.22. The van der Waals surface area contributed by atoms with E-state index in [2.05, 4.69) is 22.0 Å². The van der Waals surface area contributed by atoms with Gasteiger partial charge in [0.2, 0.25) is 0 Å². The minimum absolute atomic E-state index is 0.0138. The van der Waals surface area contributed by atoms with Crippen LogP contribution in [0.4, 0.5) is 13.2 Å². The van der Waals surface area contributed by atoms with E-state index in [0.717, 1.165) is 29.0 Å². The number of thioether (sulfide) groups is 1. The highest BCUT2D eigenvalue weighted by molar-refractivity contribution is 8.13. The van der Waals surface area contributed by atoms with E-state index in [9.17, 15) is 18.0 Å². The number of benzene rings is 2. The summed E-state index contributed by atoms with van der Waals surface area (Å²) in [5.74, 6) is 4.69. The predicted octanol–water partition coefficient (Wildman–Crippen LogP) is 4.51. The van der Waals surface area contributed by atoms with Crippen molar-refractivity contribution in [2.45, 2.75) is 30.1 Å². The smallest absolute Gasteiger partial charge is 0.420 e. The molecule has 0 saturated carbocycles.